The highest BCUT2D eigenvalue weighted by Crippen LogP contribution is 2.04. The SMILES string of the molecule is Cn1cnc2c1c(=O)n(CCCCC(=O)CBr)c(=O)n2C. The molecule has 2 aromatic rings. The van der Waals surface area contributed by atoms with E-state index in [2.05, 4.69) is 20.9 Å². The average Bonchev–Trinajstić information content (AvgIpc) is 2.86. The first kappa shape index (κ1) is 15.7. The molecule has 0 unspecified atom stereocenters. The molecule has 2 heterocycles. The molecule has 7 nitrogen and oxygen atoms in total. The Morgan fingerprint density at radius 1 is 1.29 bits per heavy atom. The van der Waals surface area contributed by atoms with Gasteiger partial charge in [0.05, 0.1) is 11.7 Å². The third-order valence-electron chi connectivity index (χ3n) is 3.44. The zero-order valence-corrected chi connectivity index (χ0v) is 13.6. The van der Waals surface area contributed by atoms with Crippen LogP contribution in [0.3, 0.4) is 0 Å². The molecule has 0 spiro atoms. The van der Waals surface area contributed by atoms with E-state index in [9.17, 15) is 14.4 Å². The van der Waals surface area contributed by atoms with E-state index in [0.717, 1.165) is 0 Å². The van der Waals surface area contributed by atoms with Crippen LogP contribution in [0.2, 0.25) is 0 Å². The Kier molecular flexibility index (Phi) is 4.76. The van der Waals surface area contributed by atoms with Crippen molar-refractivity contribution in [1.82, 2.24) is 18.7 Å². The maximum absolute atomic E-state index is 12.4. The van der Waals surface area contributed by atoms with Gasteiger partial charge in [-0.1, -0.05) is 15.9 Å². The molecule has 8 heteroatoms. The van der Waals surface area contributed by atoms with Gasteiger partial charge in [-0.15, -0.1) is 0 Å². The lowest BCUT2D eigenvalue weighted by atomic mass is 10.2. The number of Topliss-reactive ketones (excluding diaryl/α,β-unsaturated/α-hetero) is 1. The number of carbonyl (C=O) groups is 1. The summed E-state index contributed by atoms with van der Waals surface area (Å²) in [4.78, 5) is 39.9. The standard InChI is InChI=1S/C13H17BrN4O3/c1-16-8-15-11-10(16)12(20)18(13(21)17(11)2)6-4-3-5-9(19)7-14/h8H,3-7H2,1-2H3. The number of hydrogen-bond donors (Lipinski definition) is 0. The molecule has 0 aliphatic rings. The highest BCUT2D eigenvalue weighted by atomic mass is 79.9. The van der Waals surface area contributed by atoms with Crippen LogP contribution in [-0.2, 0) is 25.4 Å². The fourth-order valence-corrected chi connectivity index (χ4v) is 2.53. The zero-order valence-electron chi connectivity index (χ0n) is 12.0. The highest BCUT2D eigenvalue weighted by molar-refractivity contribution is 9.09. The fraction of sp³-hybridized carbons (Fsp3) is 0.538. The summed E-state index contributed by atoms with van der Waals surface area (Å²) in [5.41, 5.74) is 0.0878. The first-order valence-corrected chi connectivity index (χ1v) is 7.78. The number of hydrogen-bond acceptors (Lipinski definition) is 4. The van der Waals surface area contributed by atoms with Gasteiger partial charge in [-0.05, 0) is 12.8 Å². The minimum Gasteiger partial charge on any atom is -0.328 e. The second kappa shape index (κ2) is 6.38. The first-order chi connectivity index (χ1) is 9.97. The molecule has 0 aliphatic heterocycles. The largest absolute Gasteiger partial charge is 0.332 e. The van der Waals surface area contributed by atoms with Crippen LogP contribution < -0.4 is 11.2 Å². The summed E-state index contributed by atoms with van der Waals surface area (Å²) in [5.74, 6) is 0.123. The van der Waals surface area contributed by atoms with Crippen molar-refractivity contribution < 1.29 is 4.79 Å². The van der Waals surface area contributed by atoms with E-state index in [1.807, 2.05) is 0 Å². The number of imidazole rings is 1. The first-order valence-electron chi connectivity index (χ1n) is 6.66. The van der Waals surface area contributed by atoms with Crippen molar-refractivity contribution in [2.45, 2.75) is 25.8 Å². The van der Waals surface area contributed by atoms with Crippen LogP contribution in [0, 0.1) is 0 Å². The molecule has 0 saturated heterocycles. The number of rotatable bonds is 6. The maximum Gasteiger partial charge on any atom is 0.332 e. The minimum absolute atomic E-state index is 0.123. The molecule has 0 aliphatic carbocycles. The fourth-order valence-electron chi connectivity index (χ4n) is 2.25. The predicted octanol–water partition coefficient (Wildman–Crippen LogP) is 0.568. The van der Waals surface area contributed by atoms with Gasteiger partial charge >= 0.3 is 5.69 Å². The van der Waals surface area contributed by atoms with E-state index < -0.39 is 0 Å². The molecular formula is C13H17BrN4O3. The molecule has 114 valence electrons. The molecule has 0 bridgehead atoms. The number of halogens is 1. The van der Waals surface area contributed by atoms with Crippen molar-refractivity contribution in [2.24, 2.45) is 14.1 Å². The topological polar surface area (TPSA) is 78.9 Å². The number of carbonyl (C=O) groups excluding carboxylic acids is 1. The summed E-state index contributed by atoms with van der Waals surface area (Å²) in [6.45, 7) is 0.308. The van der Waals surface area contributed by atoms with Crippen LogP contribution in [0.4, 0.5) is 0 Å². The van der Waals surface area contributed by atoms with Crippen LogP contribution in [0.15, 0.2) is 15.9 Å². The van der Waals surface area contributed by atoms with E-state index in [1.165, 1.54) is 15.5 Å². The van der Waals surface area contributed by atoms with E-state index in [4.69, 9.17) is 0 Å². The second-order valence-corrected chi connectivity index (χ2v) is 5.52. The number of unbranched alkanes of at least 4 members (excludes halogenated alkanes) is 1. The Bertz CT molecular complexity index is 787. The van der Waals surface area contributed by atoms with Crippen LogP contribution in [-0.4, -0.2) is 29.8 Å². The molecule has 2 rings (SSSR count). The molecule has 0 N–H and O–H groups in total. The van der Waals surface area contributed by atoms with Gasteiger partial charge in [-0.3, -0.25) is 18.7 Å². The maximum atomic E-state index is 12.4. The van der Waals surface area contributed by atoms with Gasteiger partial charge in [0, 0.05) is 27.1 Å². The van der Waals surface area contributed by atoms with Crippen molar-refractivity contribution in [3.8, 4) is 0 Å². The van der Waals surface area contributed by atoms with Gasteiger partial charge in [0.15, 0.2) is 11.2 Å². The Morgan fingerprint density at radius 3 is 2.67 bits per heavy atom. The monoisotopic (exact) mass is 356 g/mol. The Balaban J connectivity index is 2.28. The Labute approximate surface area is 129 Å². The van der Waals surface area contributed by atoms with Crippen molar-refractivity contribution >= 4 is 32.9 Å². The summed E-state index contributed by atoms with van der Waals surface area (Å²) < 4.78 is 4.20. The minimum atomic E-state index is -0.377. The third kappa shape index (κ3) is 2.99. The lowest BCUT2D eigenvalue weighted by molar-refractivity contribution is -0.116. The molecule has 21 heavy (non-hydrogen) atoms. The van der Waals surface area contributed by atoms with Crippen LogP contribution in [0.1, 0.15) is 19.3 Å². The Morgan fingerprint density at radius 2 is 2.00 bits per heavy atom. The summed E-state index contributed by atoms with van der Waals surface area (Å²) >= 11 is 3.11. The van der Waals surface area contributed by atoms with Crippen LogP contribution in [0.25, 0.3) is 11.2 Å². The number of alkyl halides is 1. The van der Waals surface area contributed by atoms with Crippen molar-refractivity contribution in [1.29, 1.82) is 0 Å². The number of ketones is 1. The predicted molar refractivity (Wildman–Crippen MR) is 82.9 cm³/mol. The number of fused-ring (bicyclic) bond motifs is 1. The summed E-state index contributed by atoms with van der Waals surface area (Å²) in [6.07, 6.45) is 3.24. The molecule has 0 saturated carbocycles. The number of aromatic nitrogens is 4. The molecular weight excluding hydrogens is 340 g/mol. The zero-order chi connectivity index (χ0) is 15.6. The van der Waals surface area contributed by atoms with E-state index >= 15 is 0 Å². The van der Waals surface area contributed by atoms with Gasteiger partial charge in [0.25, 0.3) is 5.56 Å². The number of aryl methyl sites for hydroxylation is 2. The molecule has 0 fully saturated rings. The third-order valence-corrected chi connectivity index (χ3v) is 4.06. The lowest BCUT2D eigenvalue weighted by Crippen LogP contribution is -2.39. The quantitative estimate of drug-likeness (QED) is 0.559. The van der Waals surface area contributed by atoms with Crippen LogP contribution >= 0.6 is 15.9 Å². The molecule has 2 aromatic heterocycles. The molecule has 0 atom stereocenters. The average molecular weight is 357 g/mol. The summed E-state index contributed by atoms with van der Waals surface area (Å²) in [7, 11) is 3.32. The van der Waals surface area contributed by atoms with Crippen molar-refractivity contribution in [2.75, 3.05) is 5.33 Å². The van der Waals surface area contributed by atoms with Gasteiger partial charge in [0.1, 0.15) is 5.78 Å². The van der Waals surface area contributed by atoms with E-state index in [1.54, 1.807) is 18.7 Å². The number of nitrogens with zero attached hydrogens (tertiary/aromatic N) is 4. The van der Waals surface area contributed by atoms with Gasteiger partial charge in [0.2, 0.25) is 0 Å². The van der Waals surface area contributed by atoms with E-state index in [0.29, 0.717) is 42.3 Å². The molecule has 0 amide bonds. The summed E-state index contributed by atoms with van der Waals surface area (Å²) in [5, 5.41) is 0.343. The smallest absolute Gasteiger partial charge is 0.328 e. The molecule has 0 aromatic carbocycles. The van der Waals surface area contributed by atoms with Crippen LogP contribution in [0.5, 0.6) is 0 Å². The van der Waals surface area contributed by atoms with Gasteiger partial charge in [-0.25, -0.2) is 9.78 Å². The van der Waals surface area contributed by atoms with Gasteiger partial charge < -0.3 is 4.57 Å². The molecule has 0 radical (unpaired) electrons. The van der Waals surface area contributed by atoms with Crippen molar-refractivity contribution in [3.63, 3.8) is 0 Å². The normalized spacial score (nSPS) is 11.2. The highest BCUT2D eigenvalue weighted by Gasteiger charge is 2.14. The van der Waals surface area contributed by atoms with Crippen molar-refractivity contribution in [3.05, 3.63) is 27.2 Å². The van der Waals surface area contributed by atoms with Gasteiger partial charge in [-0.2, -0.15) is 0 Å². The second-order valence-electron chi connectivity index (χ2n) is 4.96. The Hall–Kier alpha value is -1.70. The summed E-state index contributed by atoms with van der Waals surface area (Å²) in [6, 6.07) is 0. The van der Waals surface area contributed by atoms with E-state index in [-0.39, 0.29) is 17.0 Å². The lowest BCUT2D eigenvalue weighted by Gasteiger charge is -2.08.